The van der Waals surface area contributed by atoms with E-state index in [1.807, 2.05) is 6.79 Å². The van der Waals surface area contributed by atoms with Crippen molar-refractivity contribution in [1.29, 1.82) is 0 Å². The largest absolute Gasteiger partial charge is 0.489 e. The minimum Gasteiger partial charge on any atom is -0.489 e. The third-order valence-corrected chi connectivity index (χ3v) is 7.33. The smallest absolute Gasteiger partial charge is 0.121 e. The Balaban J connectivity index is 0.00000192. The summed E-state index contributed by atoms with van der Waals surface area (Å²) in [5, 5.41) is 3.37. The number of ether oxygens (including phenoxy) is 1. The SMILES string of the molecule is C=O.CCNC1=C\CCC2=C(/C=N\1)CN(c1cccc(OC(CN(C)Cc3ccccc3)C(C)C)c1)CCN2C.[HH]. The van der Waals surface area contributed by atoms with Gasteiger partial charge in [0.25, 0.3) is 0 Å². The summed E-state index contributed by atoms with van der Waals surface area (Å²) in [7, 11) is 4.39. The number of aliphatic imine (C=N–C) groups is 1. The van der Waals surface area contributed by atoms with E-state index in [-0.39, 0.29) is 7.53 Å². The number of anilines is 1. The van der Waals surface area contributed by atoms with Crippen LogP contribution in [0.2, 0.25) is 0 Å². The standard InChI is InChI=1S/C32H45N5O.CH2O.H2/c1-6-33-32-17-11-16-30-27(21-34-32)23-37(19-18-36(30)5)28-14-10-15-29(20-28)38-31(25(2)3)24-35(4)22-26-12-8-7-9-13-26;1-2;/h7-10,12-15,17,20-21,25,31,33H,6,11,16,18-19,22-24H2,1-5H3;1H2;1H/b32-17+,34-21-;;. The van der Waals surface area contributed by atoms with Crippen LogP contribution in [0, 0.1) is 5.92 Å². The van der Waals surface area contributed by atoms with Crippen molar-refractivity contribution < 1.29 is 11.0 Å². The lowest BCUT2D eigenvalue weighted by atomic mass is 10.1. The van der Waals surface area contributed by atoms with Gasteiger partial charge in [0.05, 0.1) is 0 Å². The molecule has 1 unspecified atom stereocenters. The van der Waals surface area contributed by atoms with Crippen molar-refractivity contribution in [2.24, 2.45) is 10.9 Å². The molecule has 2 aliphatic heterocycles. The Labute approximate surface area is 242 Å². The molecule has 0 aromatic heterocycles. The van der Waals surface area contributed by atoms with E-state index >= 15 is 0 Å². The first-order valence-electron chi connectivity index (χ1n) is 14.4. The molecular weight excluding hydrogens is 498 g/mol. The lowest BCUT2D eigenvalue weighted by Crippen LogP contribution is -2.36. The van der Waals surface area contributed by atoms with Crippen molar-refractivity contribution >= 4 is 18.7 Å². The number of rotatable bonds is 10. The summed E-state index contributed by atoms with van der Waals surface area (Å²) < 4.78 is 6.62. The van der Waals surface area contributed by atoms with E-state index in [9.17, 15) is 0 Å². The molecule has 2 aromatic carbocycles. The average molecular weight is 548 g/mol. The first kappa shape index (κ1) is 31.0. The monoisotopic (exact) mass is 547 g/mol. The summed E-state index contributed by atoms with van der Waals surface area (Å²) in [6.45, 7) is 14.1. The van der Waals surface area contributed by atoms with E-state index in [1.165, 1.54) is 22.5 Å². The quantitative estimate of drug-likeness (QED) is 0.418. The molecule has 7 heteroatoms. The van der Waals surface area contributed by atoms with Crippen LogP contribution in [0.1, 0.15) is 40.6 Å². The number of hydrogen-bond donors (Lipinski definition) is 1. The van der Waals surface area contributed by atoms with E-state index in [4.69, 9.17) is 14.5 Å². The summed E-state index contributed by atoms with van der Waals surface area (Å²) in [6.07, 6.45) is 6.43. The van der Waals surface area contributed by atoms with Gasteiger partial charge in [-0.15, -0.1) is 0 Å². The molecule has 0 bridgehead atoms. The van der Waals surface area contributed by atoms with Crippen molar-refractivity contribution in [2.75, 3.05) is 51.7 Å². The maximum atomic E-state index is 8.00. The highest BCUT2D eigenvalue weighted by Crippen LogP contribution is 2.28. The van der Waals surface area contributed by atoms with E-state index in [0.29, 0.717) is 5.92 Å². The summed E-state index contributed by atoms with van der Waals surface area (Å²) in [5.41, 5.74) is 5.21. The molecule has 0 saturated heterocycles. The van der Waals surface area contributed by atoms with Crippen LogP contribution < -0.4 is 15.0 Å². The van der Waals surface area contributed by atoms with Gasteiger partial charge in [-0.25, -0.2) is 4.99 Å². The second-order valence-corrected chi connectivity index (χ2v) is 10.8. The van der Waals surface area contributed by atoms with Gasteiger partial charge in [-0.3, -0.25) is 4.90 Å². The second-order valence-electron chi connectivity index (χ2n) is 10.8. The topological polar surface area (TPSA) is 60.4 Å². The molecule has 0 radical (unpaired) electrons. The maximum Gasteiger partial charge on any atom is 0.121 e. The zero-order valence-electron chi connectivity index (χ0n) is 25.0. The Morgan fingerprint density at radius 3 is 2.62 bits per heavy atom. The number of benzene rings is 2. The minimum atomic E-state index is 0. The molecule has 218 valence electrons. The Bertz CT molecular complexity index is 1150. The number of nitrogens with zero attached hydrogens (tertiary/aromatic N) is 4. The van der Waals surface area contributed by atoms with Crippen LogP contribution in [0.15, 0.2) is 82.8 Å². The minimum absolute atomic E-state index is 0. The van der Waals surface area contributed by atoms with Gasteiger partial charge < -0.3 is 24.6 Å². The third kappa shape index (κ3) is 8.98. The van der Waals surface area contributed by atoms with Crippen molar-refractivity contribution in [3.8, 4) is 5.75 Å². The predicted molar refractivity (Wildman–Crippen MR) is 169 cm³/mol. The fourth-order valence-corrected chi connectivity index (χ4v) is 5.14. The molecule has 2 aliphatic rings. The Morgan fingerprint density at radius 2 is 1.90 bits per heavy atom. The van der Waals surface area contributed by atoms with Gasteiger partial charge in [0.1, 0.15) is 24.5 Å². The molecular formula is C33H49N5O2. The summed E-state index contributed by atoms with van der Waals surface area (Å²) in [4.78, 5) is 20.0. The highest BCUT2D eigenvalue weighted by Gasteiger charge is 2.22. The Hall–Kier alpha value is -3.58. The highest BCUT2D eigenvalue weighted by molar-refractivity contribution is 5.82. The van der Waals surface area contributed by atoms with Gasteiger partial charge in [0.2, 0.25) is 0 Å². The molecule has 1 atom stereocenters. The van der Waals surface area contributed by atoms with Crippen LogP contribution in [0.3, 0.4) is 0 Å². The van der Waals surface area contributed by atoms with Crippen LogP contribution in [-0.2, 0) is 11.3 Å². The van der Waals surface area contributed by atoms with Crippen LogP contribution >= 0.6 is 0 Å². The molecule has 0 spiro atoms. The zero-order chi connectivity index (χ0) is 28.9. The van der Waals surface area contributed by atoms with E-state index in [1.54, 1.807) is 0 Å². The fourth-order valence-electron chi connectivity index (χ4n) is 5.14. The van der Waals surface area contributed by atoms with Gasteiger partial charge in [0.15, 0.2) is 0 Å². The number of allylic oxidation sites excluding steroid dienone is 2. The first-order chi connectivity index (χ1) is 19.4. The van der Waals surface area contributed by atoms with Crippen LogP contribution in [0.25, 0.3) is 0 Å². The molecule has 0 fully saturated rings. The van der Waals surface area contributed by atoms with Crippen LogP contribution in [0.5, 0.6) is 5.75 Å². The van der Waals surface area contributed by atoms with Gasteiger partial charge in [-0.2, -0.15) is 0 Å². The van der Waals surface area contributed by atoms with Crippen molar-refractivity contribution in [2.45, 2.75) is 46.3 Å². The molecule has 2 aromatic rings. The maximum absolute atomic E-state index is 8.00. The molecule has 0 aliphatic carbocycles. The third-order valence-electron chi connectivity index (χ3n) is 7.33. The number of nitrogens with one attached hydrogen (secondary N) is 1. The summed E-state index contributed by atoms with van der Waals surface area (Å²) >= 11 is 0. The predicted octanol–water partition coefficient (Wildman–Crippen LogP) is 5.60. The Kier molecular flexibility index (Phi) is 12.3. The fraction of sp³-hybridized carbons (Fsp3) is 0.455. The lowest BCUT2D eigenvalue weighted by Gasteiger charge is -2.29. The molecule has 1 N–H and O–H groups in total. The number of likely N-dealkylation sites (N-methyl/N-ethyl adjacent to an activating group) is 2. The molecule has 40 heavy (non-hydrogen) atoms. The van der Waals surface area contributed by atoms with E-state index in [2.05, 4.69) is 122 Å². The van der Waals surface area contributed by atoms with Crippen LogP contribution in [0.4, 0.5) is 5.69 Å². The van der Waals surface area contributed by atoms with Crippen molar-refractivity contribution in [3.63, 3.8) is 0 Å². The highest BCUT2D eigenvalue weighted by atomic mass is 16.5. The first-order valence-corrected chi connectivity index (χ1v) is 14.4. The van der Waals surface area contributed by atoms with Crippen LogP contribution in [-0.4, -0.2) is 75.7 Å². The van der Waals surface area contributed by atoms with E-state index < -0.39 is 0 Å². The Morgan fingerprint density at radius 1 is 1.12 bits per heavy atom. The van der Waals surface area contributed by atoms with Crippen molar-refractivity contribution in [3.05, 3.63) is 83.3 Å². The zero-order valence-corrected chi connectivity index (χ0v) is 25.0. The number of carbonyl (C=O) groups excluding carboxylic acids is 1. The summed E-state index contributed by atoms with van der Waals surface area (Å²) in [5.74, 6) is 2.32. The van der Waals surface area contributed by atoms with Gasteiger partial charge in [-0.1, -0.05) is 50.2 Å². The average Bonchev–Trinajstić information content (AvgIpc) is 3.10. The number of carbonyl (C=O) groups is 1. The van der Waals surface area contributed by atoms with Crippen molar-refractivity contribution in [1.82, 2.24) is 15.1 Å². The summed E-state index contributed by atoms with van der Waals surface area (Å²) in [6, 6.07) is 19.3. The molecule has 2 heterocycles. The van der Waals surface area contributed by atoms with E-state index in [0.717, 1.165) is 63.7 Å². The van der Waals surface area contributed by atoms with Gasteiger partial charge in [0, 0.05) is 77.0 Å². The molecule has 4 rings (SSSR count). The lowest BCUT2D eigenvalue weighted by molar-refractivity contribution is -0.0980. The van der Waals surface area contributed by atoms with Gasteiger partial charge >= 0.3 is 0 Å². The molecule has 0 saturated carbocycles. The molecule has 7 nitrogen and oxygen atoms in total. The van der Waals surface area contributed by atoms with Gasteiger partial charge in [-0.05, 0) is 56.5 Å². The number of hydrogen-bond acceptors (Lipinski definition) is 7. The normalized spacial score (nSPS) is 18.4. The second kappa shape index (κ2) is 15.9. The molecule has 0 amide bonds.